The Morgan fingerprint density at radius 1 is 1.17 bits per heavy atom. The van der Waals surface area contributed by atoms with E-state index < -0.39 is 21.2 Å². The van der Waals surface area contributed by atoms with Gasteiger partial charge in [-0.25, -0.2) is 13.1 Å². The van der Waals surface area contributed by atoms with Crippen LogP contribution in [0.3, 0.4) is 0 Å². The lowest BCUT2D eigenvalue weighted by molar-refractivity contribution is -0.133. The Morgan fingerprint density at radius 2 is 1.87 bits per heavy atom. The van der Waals surface area contributed by atoms with Crippen LogP contribution < -0.4 is 10.0 Å². The molecule has 2 aliphatic heterocycles. The number of carbonyl (C=O) groups is 2. The highest BCUT2D eigenvalue weighted by molar-refractivity contribution is 8.01. The second kappa shape index (κ2) is 8.41. The minimum atomic E-state index is -3.75. The third kappa shape index (κ3) is 4.38. The average Bonchev–Trinajstić information content (AvgIpc) is 3.27. The molecule has 0 bridgehead atoms. The number of rotatable bonds is 5. The number of thioether (sulfide) groups is 1. The molecule has 2 amide bonds. The van der Waals surface area contributed by atoms with Gasteiger partial charge in [-0.3, -0.25) is 9.59 Å². The number of sulfonamides is 1. The number of likely N-dealkylation sites (tertiary alicyclic amines) is 1. The SMILES string of the molecule is Cc1ccc(CNS(=O)(=O)c2ccc3c(c2)NC(=O)[C@H](C(=O)N2CCCC2)S3)cc1. The van der Waals surface area contributed by atoms with Crippen LogP contribution in [0.5, 0.6) is 0 Å². The van der Waals surface area contributed by atoms with Gasteiger partial charge in [-0.1, -0.05) is 29.8 Å². The second-order valence-electron chi connectivity index (χ2n) is 7.49. The highest BCUT2D eigenvalue weighted by Gasteiger charge is 2.37. The number of amides is 2. The van der Waals surface area contributed by atoms with Gasteiger partial charge in [-0.05, 0) is 43.5 Å². The van der Waals surface area contributed by atoms with Crippen molar-refractivity contribution < 1.29 is 18.0 Å². The van der Waals surface area contributed by atoms with E-state index in [2.05, 4.69) is 10.0 Å². The Bertz CT molecular complexity index is 1080. The predicted molar refractivity (Wildman–Crippen MR) is 116 cm³/mol. The van der Waals surface area contributed by atoms with Crippen LogP contribution >= 0.6 is 11.8 Å². The van der Waals surface area contributed by atoms with Gasteiger partial charge in [-0.15, -0.1) is 11.8 Å². The Kier molecular flexibility index (Phi) is 5.86. The molecule has 1 atom stereocenters. The Hall–Kier alpha value is -2.36. The molecule has 4 rings (SSSR count). The molecule has 1 saturated heterocycles. The molecule has 9 heteroatoms. The molecule has 0 unspecified atom stereocenters. The van der Waals surface area contributed by atoms with Crippen LogP contribution in [0.2, 0.25) is 0 Å². The van der Waals surface area contributed by atoms with Crippen molar-refractivity contribution in [1.82, 2.24) is 9.62 Å². The summed E-state index contributed by atoms with van der Waals surface area (Å²) in [6.45, 7) is 3.50. The molecule has 2 heterocycles. The zero-order chi connectivity index (χ0) is 21.3. The van der Waals surface area contributed by atoms with Crippen LogP contribution in [0, 0.1) is 6.92 Å². The predicted octanol–water partition coefficient (Wildman–Crippen LogP) is 2.51. The first-order valence-electron chi connectivity index (χ1n) is 9.79. The molecule has 7 nitrogen and oxygen atoms in total. The molecule has 2 aromatic rings. The Balaban J connectivity index is 1.48. The standard InChI is InChI=1S/C21H23N3O4S2/c1-14-4-6-15(7-5-14)13-22-30(27,28)16-8-9-18-17(12-16)23-20(25)19(29-18)21(26)24-10-2-3-11-24/h4-9,12,19,22H,2-3,10-11,13H2,1H3,(H,23,25)/t19-/m1/s1. The Morgan fingerprint density at radius 3 is 2.57 bits per heavy atom. The van der Waals surface area contributed by atoms with Crippen molar-refractivity contribution in [1.29, 1.82) is 0 Å². The van der Waals surface area contributed by atoms with Crippen molar-refractivity contribution in [3.05, 3.63) is 53.6 Å². The molecule has 158 valence electrons. The van der Waals surface area contributed by atoms with Crippen molar-refractivity contribution in [3.8, 4) is 0 Å². The number of nitrogens with zero attached hydrogens (tertiary/aromatic N) is 1. The van der Waals surface area contributed by atoms with E-state index in [1.807, 2.05) is 31.2 Å². The third-order valence-electron chi connectivity index (χ3n) is 5.23. The smallest absolute Gasteiger partial charge is 0.247 e. The van der Waals surface area contributed by atoms with Gasteiger partial charge in [-0.2, -0.15) is 0 Å². The minimum absolute atomic E-state index is 0.0681. The maximum Gasteiger partial charge on any atom is 0.247 e. The summed E-state index contributed by atoms with van der Waals surface area (Å²) in [5.74, 6) is -0.594. The molecule has 0 aromatic heterocycles. The fraction of sp³-hybridized carbons (Fsp3) is 0.333. The summed E-state index contributed by atoms with van der Waals surface area (Å²) in [5.41, 5.74) is 2.37. The number of hydrogen-bond acceptors (Lipinski definition) is 5. The van der Waals surface area contributed by atoms with Crippen molar-refractivity contribution in [3.63, 3.8) is 0 Å². The number of nitrogens with one attached hydrogen (secondary N) is 2. The third-order valence-corrected chi connectivity index (χ3v) is 7.89. The van der Waals surface area contributed by atoms with E-state index in [-0.39, 0.29) is 17.3 Å². The van der Waals surface area contributed by atoms with E-state index in [4.69, 9.17) is 0 Å². The molecule has 0 spiro atoms. The summed E-state index contributed by atoms with van der Waals surface area (Å²) in [7, 11) is -3.75. The summed E-state index contributed by atoms with van der Waals surface area (Å²) in [4.78, 5) is 27.6. The number of hydrogen-bond donors (Lipinski definition) is 2. The molecule has 2 N–H and O–H groups in total. The first-order valence-corrected chi connectivity index (χ1v) is 12.2. The van der Waals surface area contributed by atoms with E-state index in [1.54, 1.807) is 11.0 Å². The van der Waals surface area contributed by atoms with Gasteiger partial charge in [0.1, 0.15) is 0 Å². The molecule has 0 radical (unpaired) electrons. The van der Waals surface area contributed by atoms with Gasteiger partial charge in [0.2, 0.25) is 21.8 Å². The van der Waals surface area contributed by atoms with E-state index in [9.17, 15) is 18.0 Å². The van der Waals surface area contributed by atoms with Crippen LogP contribution in [-0.2, 0) is 26.2 Å². The lowest BCUT2D eigenvalue weighted by Gasteiger charge is -2.27. The monoisotopic (exact) mass is 445 g/mol. The van der Waals surface area contributed by atoms with Gasteiger partial charge in [0.25, 0.3) is 0 Å². The fourth-order valence-electron chi connectivity index (χ4n) is 3.49. The van der Waals surface area contributed by atoms with Gasteiger partial charge in [0.15, 0.2) is 5.25 Å². The molecule has 2 aliphatic rings. The number of fused-ring (bicyclic) bond motifs is 1. The summed E-state index contributed by atoms with van der Waals surface area (Å²) >= 11 is 1.17. The number of anilines is 1. The van der Waals surface area contributed by atoms with Crippen LogP contribution in [0.15, 0.2) is 52.3 Å². The van der Waals surface area contributed by atoms with Gasteiger partial charge >= 0.3 is 0 Å². The van der Waals surface area contributed by atoms with E-state index in [0.29, 0.717) is 23.7 Å². The van der Waals surface area contributed by atoms with Crippen LogP contribution in [0.1, 0.15) is 24.0 Å². The topological polar surface area (TPSA) is 95.6 Å². The maximum absolute atomic E-state index is 12.7. The number of benzene rings is 2. The minimum Gasteiger partial charge on any atom is -0.341 e. The summed E-state index contributed by atoms with van der Waals surface area (Å²) in [6.07, 6.45) is 1.91. The van der Waals surface area contributed by atoms with Crippen LogP contribution in [0.4, 0.5) is 5.69 Å². The van der Waals surface area contributed by atoms with Gasteiger partial charge < -0.3 is 10.2 Å². The van der Waals surface area contributed by atoms with Gasteiger partial charge in [0.05, 0.1) is 10.6 Å². The van der Waals surface area contributed by atoms with Crippen molar-refractivity contribution in [2.45, 2.75) is 41.4 Å². The summed E-state index contributed by atoms with van der Waals surface area (Å²) in [5, 5.41) is 1.87. The van der Waals surface area contributed by atoms with Crippen molar-refractivity contribution >= 4 is 39.3 Å². The second-order valence-corrected chi connectivity index (χ2v) is 10.4. The summed E-state index contributed by atoms with van der Waals surface area (Å²) < 4.78 is 28.0. The van der Waals surface area contributed by atoms with Crippen molar-refractivity contribution in [2.75, 3.05) is 18.4 Å². The normalized spacial score (nSPS) is 18.8. The van der Waals surface area contributed by atoms with E-state index in [1.165, 1.54) is 23.9 Å². The molecule has 0 aliphatic carbocycles. The molecule has 30 heavy (non-hydrogen) atoms. The summed E-state index contributed by atoms with van der Waals surface area (Å²) in [6, 6.07) is 12.2. The zero-order valence-corrected chi connectivity index (χ0v) is 18.2. The molecular weight excluding hydrogens is 422 g/mol. The first-order chi connectivity index (χ1) is 14.3. The van der Waals surface area contributed by atoms with Crippen LogP contribution in [-0.4, -0.2) is 43.5 Å². The highest BCUT2D eigenvalue weighted by Crippen LogP contribution is 2.38. The Labute approximate surface area is 180 Å². The number of aryl methyl sites for hydroxylation is 1. The molecule has 0 saturated carbocycles. The molecule has 2 aromatic carbocycles. The molecule has 1 fully saturated rings. The highest BCUT2D eigenvalue weighted by atomic mass is 32.2. The van der Waals surface area contributed by atoms with Gasteiger partial charge in [0, 0.05) is 24.5 Å². The average molecular weight is 446 g/mol. The van der Waals surface area contributed by atoms with Crippen LogP contribution in [0.25, 0.3) is 0 Å². The van der Waals surface area contributed by atoms with E-state index >= 15 is 0 Å². The first kappa shape index (κ1) is 20.9. The fourth-order valence-corrected chi connectivity index (χ4v) is 5.59. The lowest BCUT2D eigenvalue weighted by Crippen LogP contribution is -2.43. The zero-order valence-electron chi connectivity index (χ0n) is 16.6. The quantitative estimate of drug-likeness (QED) is 0.690. The largest absolute Gasteiger partial charge is 0.341 e. The lowest BCUT2D eigenvalue weighted by atomic mass is 10.2. The maximum atomic E-state index is 12.7. The molecular formula is C21H23N3O4S2. The van der Waals surface area contributed by atoms with E-state index in [0.717, 1.165) is 24.0 Å². The van der Waals surface area contributed by atoms with Crippen molar-refractivity contribution in [2.24, 2.45) is 0 Å². The number of carbonyl (C=O) groups excluding carboxylic acids is 2.